The van der Waals surface area contributed by atoms with Crippen LogP contribution in [-0.2, 0) is 9.59 Å². The minimum Gasteiger partial charge on any atom is -0.550 e. The molecule has 8 nitrogen and oxygen atoms in total. The summed E-state index contributed by atoms with van der Waals surface area (Å²) in [4.78, 5) is 23.0. The Morgan fingerprint density at radius 3 is 1.93 bits per heavy atom. The third-order valence-corrected chi connectivity index (χ3v) is 11.7. The van der Waals surface area contributed by atoms with Crippen molar-refractivity contribution in [3.8, 4) is 0 Å². The van der Waals surface area contributed by atoms with Gasteiger partial charge in [-0.25, -0.2) is 0 Å². The molecule has 12 atom stereocenters. The third kappa shape index (κ3) is 7.88. The smallest absolute Gasteiger partial charge is 0.550 e. The number of hydrogen-bond acceptors (Lipinski definition) is 8. The Morgan fingerprint density at radius 1 is 0.750 bits per heavy atom. The molecule has 10 heteroatoms. The molecule has 0 aromatic heterocycles. The number of fused-ring (bicyclic) bond motifs is 8. The molecule has 0 saturated carbocycles. The molecule has 0 aromatic rings. The molecule has 5 aliphatic rings. The fourth-order valence-electron chi connectivity index (χ4n) is 9.27. The number of nitrogens with one attached hydrogen (secondary N) is 4. The molecule has 0 amide bonds. The minimum absolute atomic E-state index is 0. The largest absolute Gasteiger partial charge is 1.00 e. The molecule has 0 radical (unpaired) electrons. The van der Waals surface area contributed by atoms with Crippen LogP contribution in [0.15, 0.2) is 47.6 Å². The van der Waals surface area contributed by atoms with Gasteiger partial charge in [-0.3, -0.25) is 0 Å². The Hall–Kier alpha value is -0.260. The summed E-state index contributed by atoms with van der Waals surface area (Å²) in [6, 6.07) is 1.60. The van der Waals surface area contributed by atoms with E-state index in [1.807, 2.05) is 6.08 Å². The van der Waals surface area contributed by atoms with Crippen molar-refractivity contribution >= 4 is 11.9 Å². The maximum Gasteiger partial charge on any atom is 1.00 e. The topological polar surface area (TPSA) is 128 Å². The van der Waals surface area contributed by atoms with Crippen molar-refractivity contribution in [2.45, 2.75) is 127 Å². The summed E-state index contributed by atoms with van der Waals surface area (Å²) < 4.78 is 0. The van der Waals surface area contributed by atoms with Gasteiger partial charge in [0.05, 0.1) is 0 Å². The van der Waals surface area contributed by atoms with Gasteiger partial charge >= 0.3 is 59.1 Å². The average Bonchev–Trinajstić information content (AvgIpc) is 3.59. The Kier molecular flexibility index (Phi) is 14.1. The molecule has 5 heterocycles. The van der Waals surface area contributed by atoms with E-state index in [4.69, 9.17) is 0 Å². The SMILES string of the molecule is C=CC1=C(C)C2CC3NC(CC4NC(CC5NC(CC1N2)C(C)C5C=C)C(C)=C4CCC(=O)[O-])C(CCC(=O)[O-])C3C.[Na+].[Na+]. The van der Waals surface area contributed by atoms with Crippen LogP contribution in [0, 0.1) is 23.7 Å². The zero-order chi connectivity index (χ0) is 30.3. The fraction of sp³-hybridized carbons (Fsp3) is 0.706. The van der Waals surface area contributed by atoms with Crippen LogP contribution in [0.4, 0.5) is 0 Å². The predicted molar refractivity (Wildman–Crippen MR) is 161 cm³/mol. The molecule has 3 saturated heterocycles. The van der Waals surface area contributed by atoms with Gasteiger partial charge in [-0.15, -0.1) is 6.58 Å². The quantitative estimate of drug-likeness (QED) is 0.157. The van der Waals surface area contributed by atoms with Gasteiger partial charge in [0.15, 0.2) is 0 Å². The first-order chi connectivity index (χ1) is 20.0. The Balaban J connectivity index is 0.00000264. The molecule has 0 aromatic carbocycles. The zero-order valence-electron chi connectivity index (χ0n) is 27.8. The van der Waals surface area contributed by atoms with Crippen molar-refractivity contribution in [1.29, 1.82) is 0 Å². The number of aliphatic carboxylic acids is 2. The van der Waals surface area contributed by atoms with E-state index >= 15 is 0 Å². The van der Waals surface area contributed by atoms with E-state index in [1.165, 1.54) is 22.3 Å². The molecular weight excluding hydrogens is 574 g/mol. The maximum atomic E-state index is 11.5. The Morgan fingerprint density at radius 2 is 1.30 bits per heavy atom. The first-order valence-corrected chi connectivity index (χ1v) is 16.1. The first-order valence-electron chi connectivity index (χ1n) is 16.1. The van der Waals surface area contributed by atoms with Crippen LogP contribution in [0.2, 0.25) is 0 Å². The van der Waals surface area contributed by atoms with E-state index in [9.17, 15) is 19.8 Å². The number of carboxylic acid groups (broad SMARTS) is 2. The van der Waals surface area contributed by atoms with Gasteiger partial charge in [-0.05, 0) is 94.5 Å². The van der Waals surface area contributed by atoms with Gasteiger partial charge in [0.2, 0.25) is 0 Å². The van der Waals surface area contributed by atoms with Crippen molar-refractivity contribution in [1.82, 2.24) is 21.3 Å². The van der Waals surface area contributed by atoms with E-state index < -0.39 is 11.9 Å². The van der Waals surface area contributed by atoms with Crippen LogP contribution >= 0.6 is 0 Å². The standard InChI is InChI=1S/C34H52N4O4.2Na/c1-7-21-17(3)25-13-26-19(5)23(9-11-33(39)40)31(37-26)16-32-24(10-12-34(41)42)20(6)28(38-32)15-30-22(8-2)18(4)27(36-30)14-29(21)35-25;;/h7-8,18-19,22-23,25-32,35-38H,1-2,9-16H2,3-6H3,(H,39,40)(H,41,42);;/q;2*+1/p-2. The van der Waals surface area contributed by atoms with Crippen LogP contribution in [0.5, 0.6) is 0 Å². The fourth-order valence-corrected chi connectivity index (χ4v) is 9.27. The number of rotatable bonds is 8. The first kappa shape index (κ1) is 38.2. The van der Waals surface area contributed by atoms with Crippen LogP contribution in [-0.4, -0.2) is 60.3 Å². The van der Waals surface area contributed by atoms with E-state index in [-0.39, 0.29) is 120 Å². The Labute approximate surface area is 308 Å². The second kappa shape index (κ2) is 16.2. The molecule has 0 aliphatic carbocycles. The van der Waals surface area contributed by atoms with E-state index in [1.54, 1.807) is 0 Å². The summed E-state index contributed by atoms with van der Waals surface area (Å²) in [6.07, 6.45) is 8.86. The molecule has 232 valence electrons. The summed E-state index contributed by atoms with van der Waals surface area (Å²) in [5, 5.41) is 38.8. The summed E-state index contributed by atoms with van der Waals surface area (Å²) in [5.41, 5.74) is 5.09. The minimum atomic E-state index is -1.03. The van der Waals surface area contributed by atoms with Crippen LogP contribution in [0.1, 0.15) is 79.1 Å². The van der Waals surface area contributed by atoms with Crippen LogP contribution in [0.3, 0.4) is 0 Å². The Bertz CT molecular complexity index is 1160. The predicted octanol–water partition coefficient (Wildman–Crippen LogP) is -4.50. The molecular formula is C34H50N4Na2O4. The number of carbonyl (C=O) groups is 2. The van der Waals surface area contributed by atoms with Gasteiger partial charge in [-0.1, -0.05) is 49.3 Å². The molecule has 4 N–H and O–H groups in total. The van der Waals surface area contributed by atoms with Crippen molar-refractivity contribution in [2.75, 3.05) is 0 Å². The molecule has 44 heavy (non-hydrogen) atoms. The van der Waals surface area contributed by atoms with Crippen molar-refractivity contribution in [3.05, 3.63) is 47.6 Å². The number of hydrogen-bond donors (Lipinski definition) is 4. The van der Waals surface area contributed by atoms with Crippen molar-refractivity contribution < 1.29 is 78.9 Å². The van der Waals surface area contributed by atoms with Gasteiger partial charge < -0.3 is 41.1 Å². The van der Waals surface area contributed by atoms with Crippen molar-refractivity contribution in [3.63, 3.8) is 0 Å². The summed E-state index contributed by atoms with van der Waals surface area (Å²) in [7, 11) is 0. The van der Waals surface area contributed by atoms with E-state index in [2.05, 4.69) is 68.2 Å². The molecule has 5 aliphatic heterocycles. The zero-order valence-corrected chi connectivity index (χ0v) is 31.8. The summed E-state index contributed by atoms with van der Waals surface area (Å²) in [6.45, 7) is 17.4. The van der Waals surface area contributed by atoms with Crippen LogP contribution in [0.25, 0.3) is 0 Å². The molecule has 3 fully saturated rings. The summed E-state index contributed by atoms with van der Waals surface area (Å²) >= 11 is 0. The van der Waals surface area contributed by atoms with Crippen molar-refractivity contribution in [2.24, 2.45) is 23.7 Å². The molecule has 0 spiro atoms. The summed E-state index contributed by atoms with van der Waals surface area (Å²) in [5.74, 6) is -0.761. The molecule has 5 rings (SSSR count). The van der Waals surface area contributed by atoms with Gasteiger partial charge in [0, 0.05) is 60.3 Å². The second-order valence-electron chi connectivity index (χ2n) is 13.8. The van der Waals surface area contributed by atoms with Gasteiger partial charge in [0.1, 0.15) is 0 Å². The van der Waals surface area contributed by atoms with Gasteiger partial charge in [-0.2, -0.15) is 0 Å². The van der Waals surface area contributed by atoms with Crippen LogP contribution < -0.4 is 90.6 Å². The second-order valence-corrected chi connectivity index (χ2v) is 13.8. The third-order valence-electron chi connectivity index (χ3n) is 11.7. The van der Waals surface area contributed by atoms with Gasteiger partial charge in [0.25, 0.3) is 0 Å². The maximum absolute atomic E-state index is 11.5. The van der Waals surface area contributed by atoms with E-state index in [0.717, 1.165) is 25.7 Å². The normalized spacial score (nSPS) is 39.9. The monoisotopic (exact) mass is 624 g/mol. The van der Waals surface area contributed by atoms with E-state index in [0.29, 0.717) is 36.6 Å². The molecule has 8 bridgehead atoms. The average molecular weight is 625 g/mol. The molecule has 12 unspecified atom stereocenters. The number of carbonyl (C=O) groups excluding carboxylic acids is 2. The number of carboxylic acids is 2.